The van der Waals surface area contributed by atoms with Crippen LogP contribution in [0.5, 0.6) is 0 Å². The average molecular weight is 356 g/mol. The summed E-state index contributed by atoms with van der Waals surface area (Å²) in [5.41, 5.74) is 6.83. The maximum atomic E-state index is 6.07. The van der Waals surface area contributed by atoms with Gasteiger partial charge in [0.05, 0.1) is 0 Å². The number of hydrogen-bond acceptors (Lipinski definition) is 1. The molecule has 1 N–H and O–H groups in total. The lowest BCUT2D eigenvalue weighted by Crippen LogP contribution is -1.90. The van der Waals surface area contributed by atoms with Gasteiger partial charge in [0.1, 0.15) is 0 Å². The molecule has 2 heteroatoms. The first-order valence-corrected chi connectivity index (χ1v) is 8.94. The Morgan fingerprint density at radius 1 is 0.462 bits per heavy atom. The van der Waals surface area contributed by atoms with Gasteiger partial charge in [-0.3, -0.25) is 0 Å². The van der Waals surface area contributed by atoms with E-state index in [4.69, 9.17) is 11.6 Å². The van der Waals surface area contributed by atoms with Crippen molar-refractivity contribution in [2.75, 3.05) is 5.32 Å². The van der Waals surface area contributed by atoms with Crippen molar-refractivity contribution in [2.45, 2.75) is 0 Å². The Morgan fingerprint density at radius 2 is 1.00 bits per heavy atom. The van der Waals surface area contributed by atoms with Crippen LogP contribution in [-0.4, -0.2) is 0 Å². The molecule has 0 spiro atoms. The van der Waals surface area contributed by atoms with Gasteiger partial charge in [0.2, 0.25) is 0 Å². The number of benzene rings is 4. The number of nitrogens with one attached hydrogen (secondary N) is 1. The van der Waals surface area contributed by atoms with Gasteiger partial charge in [0.15, 0.2) is 0 Å². The summed E-state index contributed by atoms with van der Waals surface area (Å²) in [4.78, 5) is 0. The second-order valence-corrected chi connectivity index (χ2v) is 6.60. The molecule has 1 nitrogen and oxygen atoms in total. The third-order valence-electron chi connectivity index (χ3n) is 4.28. The van der Waals surface area contributed by atoms with Gasteiger partial charge in [-0.15, -0.1) is 0 Å². The number of hydrogen-bond donors (Lipinski definition) is 1. The summed E-state index contributed by atoms with van der Waals surface area (Å²) in [7, 11) is 0. The fourth-order valence-electron chi connectivity index (χ4n) is 3.02. The molecule has 0 saturated heterocycles. The van der Waals surface area contributed by atoms with Gasteiger partial charge in [-0.2, -0.15) is 0 Å². The van der Waals surface area contributed by atoms with Gasteiger partial charge in [-0.1, -0.05) is 78.3 Å². The van der Waals surface area contributed by atoms with E-state index in [-0.39, 0.29) is 0 Å². The monoisotopic (exact) mass is 355 g/mol. The van der Waals surface area contributed by atoms with Crippen molar-refractivity contribution in [1.82, 2.24) is 0 Å². The van der Waals surface area contributed by atoms with Crippen LogP contribution in [0, 0.1) is 0 Å². The van der Waals surface area contributed by atoms with Crippen molar-refractivity contribution in [3.8, 4) is 22.3 Å². The summed E-state index contributed by atoms with van der Waals surface area (Å²) < 4.78 is 0. The average Bonchev–Trinajstić information content (AvgIpc) is 2.69. The van der Waals surface area contributed by atoms with Crippen molar-refractivity contribution >= 4 is 23.0 Å². The highest BCUT2D eigenvalue weighted by molar-refractivity contribution is 6.30. The van der Waals surface area contributed by atoms with Crippen molar-refractivity contribution in [1.29, 1.82) is 0 Å². The molecule has 0 aliphatic rings. The number of halogens is 1. The zero-order valence-electron chi connectivity index (χ0n) is 14.2. The zero-order chi connectivity index (χ0) is 17.8. The van der Waals surface area contributed by atoms with Crippen molar-refractivity contribution < 1.29 is 0 Å². The van der Waals surface area contributed by atoms with Crippen molar-refractivity contribution in [3.05, 3.63) is 108 Å². The van der Waals surface area contributed by atoms with Crippen LogP contribution in [0.3, 0.4) is 0 Å². The molecule has 0 heterocycles. The number of anilines is 2. The molecule has 4 aromatic carbocycles. The van der Waals surface area contributed by atoms with Gasteiger partial charge in [0, 0.05) is 16.4 Å². The first-order chi connectivity index (χ1) is 12.8. The van der Waals surface area contributed by atoms with Crippen LogP contribution in [0.4, 0.5) is 11.4 Å². The lowest BCUT2D eigenvalue weighted by Gasteiger charge is -2.10. The summed E-state index contributed by atoms with van der Waals surface area (Å²) in [5, 5.41) is 4.14. The Hall–Kier alpha value is -3.03. The van der Waals surface area contributed by atoms with Crippen LogP contribution in [-0.2, 0) is 0 Å². The second-order valence-electron chi connectivity index (χ2n) is 6.16. The first-order valence-electron chi connectivity index (χ1n) is 8.56. The molecular formula is C24H18ClN. The minimum absolute atomic E-state index is 0.724. The maximum Gasteiger partial charge on any atom is 0.0426 e. The minimum Gasteiger partial charge on any atom is -0.355 e. The van der Waals surface area contributed by atoms with Crippen molar-refractivity contribution in [3.63, 3.8) is 0 Å². The van der Waals surface area contributed by atoms with E-state index in [1.54, 1.807) is 0 Å². The lowest BCUT2D eigenvalue weighted by atomic mass is 9.99. The van der Waals surface area contributed by atoms with Crippen LogP contribution in [0.15, 0.2) is 103 Å². The van der Waals surface area contributed by atoms with Crippen LogP contribution in [0.1, 0.15) is 0 Å². The molecule has 0 saturated carbocycles. The van der Waals surface area contributed by atoms with Crippen molar-refractivity contribution in [2.24, 2.45) is 0 Å². The summed E-state index contributed by atoms with van der Waals surface area (Å²) in [6, 6.07) is 35.2. The predicted octanol–water partition coefficient (Wildman–Crippen LogP) is 7.42. The summed E-state index contributed by atoms with van der Waals surface area (Å²) >= 11 is 6.07. The molecule has 4 aromatic rings. The molecule has 26 heavy (non-hydrogen) atoms. The summed E-state index contributed by atoms with van der Waals surface area (Å²) in [6.45, 7) is 0. The second kappa shape index (κ2) is 7.47. The fraction of sp³-hybridized carbons (Fsp3) is 0. The standard InChI is InChI=1S/C24H18ClN/c25-22-12-6-14-24(17-22)26-23-13-5-11-21(16-23)20-10-4-9-19(15-20)18-7-2-1-3-8-18/h1-17,26H. The highest BCUT2D eigenvalue weighted by Crippen LogP contribution is 2.29. The first kappa shape index (κ1) is 16.4. The van der Waals surface area contributed by atoms with Crippen LogP contribution < -0.4 is 5.32 Å². The predicted molar refractivity (Wildman–Crippen MR) is 112 cm³/mol. The third-order valence-corrected chi connectivity index (χ3v) is 4.51. The molecule has 0 atom stereocenters. The quantitative estimate of drug-likeness (QED) is 0.401. The van der Waals surface area contributed by atoms with E-state index in [1.165, 1.54) is 22.3 Å². The molecule has 0 unspecified atom stereocenters. The van der Waals surface area contributed by atoms with Gasteiger partial charge in [0.25, 0.3) is 0 Å². The minimum atomic E-state index is 0.724. The maximum absolute atomic E-state index is 6.07. The van der Waals surface area contributed by atoms with Gasteiger partial charge in [-0.05, 0) is 58.7 Å². The van der Waals surface area contributed by atoms with E-state index in [9.17, 15) is 0 Å². The van der Waals surface area contributed by atoms with E-state index in [2.05, 4.69) is 78.1 Å². The molecule has 0 radical (unpaired) electrons. The molecule has 0 bridgehead atoms. The molecule has 0 amide bonds. The molecular weight excluding hydrogens is 338 g/mol. The molecule has 126 valence electrons. The highest BCUT2D eigenvalue weighted by Gasteiger charge is 2.03. The fourth-order valence-corrected chi connectivity index (χ4v) is 3.21. The van der Waals surface area contributed by atoms with E-state index >= 15 is 0 Å². The zero-order valence-corrected chi connectivity index (χ0v) is 14.9. The topological polar surface area (TPSA) is 12.0 Å². The summed E-state index contributed by atoms with van der Waals surface area (Å²) in [6.07, 6.45) is 0. The Labute approximate surface area is 158 Å². The molecule has 4 rings (SSSR count). The molecule has 0 fully saturated rings. The Balaban J connectivity index is 1.64. The van der Waals surface area contributed by atoms with Crippen LogP contribution in [0.2, 0.25) is 5.02 Å². The van der Waals surface area contributed by atoms with Crippen LogP contribution in [0.25, 0.3) is 22.3 Å². The van der Waals surface area contributed by atoms with Gasteiger partial charge in [-0.25, -0.2) is 0 Å². The number of rotatable bonds is 4. The van der Waals surface area contributed by atoms with E-state index in [1.807, 2.05) is 30.3 Å². The normalized spacial score (nSPS) is 10.5. The lowest BCUT2D eigenvalue weighted by molar-refractivity contribution is 1.53. The summed E-state index contributed by atoms with van der Waals surface area (Å²) in [5.74, 6) is 0. The van der Waals surface area contributed by atoms with E-state index in [0.717, 1.165) is 16.4 Å². The van der Waals surface area contributed by atoms with E-state index < -0.39 is 0 Å². The molecule has 0 aliphatic carbocycles. The third kappa shape index (κ3) is 3.79. The molecule has 0 aromatic heterocycles. The highest BCUT2D eigenvalue weighted by atomic mass is 35.5. The van der Waals surface area contributed by atoms with Gasteiger partial charge < -0.3 is 5.32 Å². The molecule has 0 aliphatic heterocycles. The Morgan fingerprint density at radius 3 is 1.73 bits per heavy atom. The smallest absolute Gasteiger partial charge is 0.0426 e. The largest absolute Gasteiger partial charge is 0.355 e. The van der Waals surface area contributed by atoms with Crippen LogP contribution >= 0.6 is 11.6 Å². The Bertz CT molecular complexity index is 1020. The SMILES string of the molecule is Clc1cccc(Nc2cccc(-c3cccc(-c4ccccc4)c3)c2)c1. The Kier molecular flexibility index (Phi) is 4.72. The van der Waals surface area contributed by atoms with E-state index in [0.29, 0.717) is 0 Å². The van der Waals surface area contributed by atoms with Gasteiger partial charge >= 0.3 is 0 Å².